The molecule has 90 heavy (non-hydrogen) atoms. The zero-order chi connectivity index (χ0) is 64.2. The van der Waals surface area contributed by atoms with Crippen LogP contribution in [0.15, 0.2) is 134 Å². The zero-order valence-electron chi connectivity index (χ0n) is 61.4. The standard InChI is InChI=1S/C80H140.C10H20/c1-2-4-6-8-10-12-14-16-18-20-22-24-26-28-30-32-34-36-38-40-42-44-46-48-50-52-54-56-58-60-62-64-66-68-70-72-74-76-78-80-79-77-75-73-71-69-67-65-63-61-59-57-55-53-51-49-47-45-43-41-39-37-35-33-31-29-27-25-23-21-19-17-15-13-11-9-7-5-3-1;1-3-5-7-9-10-8-6-4-2/h1-2,15-18,31-34,47-50,63-66,79-80H,3-14,19-30,35-46,51-62,67-78H2;9-10H,3-8H2,1-2H3/b;10-9+. The SMILES string of the molecule is C1=CCCCCCCC=CCCCCCCC=CCCCCCCC=CCCCCCCC=CCCCCCCC=CCCCCCCC=CCCCCCCC=CCCCCCCC=CCCCCCCC=CCCCCCC1.CCCC/C=C/CCCC. The maximum atomic E-state index is 2.46. The first-order chi connectivity index (χ1) is 44.9. The third-order valence-corrected chi connectivity index (χ3v) is 18.2. The van der Waals surface area contributed by atoms with E-state index in [0.717, 1.165) is 0 Å². The smallest absolute Gasteiger partial charge is 0.0351 e. The van der Waals surface area contributed by atoms with Crippen LogP contribution in [-0.4, -0.2) is 0 Å². The van der Waals surface area contributed by atoms with Crippen LogP contribution in [0.3, 0.4) is 0 Å². The predicted molar refractivity (Wildman–Crippen MR) is 417 cm³/mol. The molecule has 0 aromatic rings. The van der Waals surface area contributed by atoms with Gasteiger partial charge in [0.05, 0.1) is 0 Å². The molecule has 0 saturated carbocycles. The van der Waals surface area contributed by atoms with E-state index in [2.05, 4.69) is 148 Å². The maximum Gasteiger partial charge on any atom is -0.0351 e. The lowest BCUT2D eigenvalue weighted by Crippen LogP contribution is -1.80. The minimum atomic E-state index is 1.28. The van der Waals surface area contributed by atoms with E-state index in [1.807, 2.05) is 0 Å². The lowest BCUT2D eigenvalue weighted by atomic mass is 10.1. The molecule has 0 heteroatoms. The Labute approximate surface area is 568 Å². The van der Waals surface area contributed by atoms with Gasteiger partial charge in [-0.15, -0.1) is 0 Å². The fraction of sp³-hybridized carbons (Fsp3) is 0.756. The van der Waals surface area contributed by atoms with Crippen molar-refractivity contribution in [3.8, 4) is 0 Å². The second kappa shape index (κ2) is 86.1. The van der Waals surface area contributed by atoms with E-state index in [0.29, 0.717) is 0 Å². The number of hydrogen-bond donors (Lipinski definition) is 0. The highest BCUT2D eigenvalue weighted by Crippen LogP contribution is 2.17. The van der Waals surface area contributed by atoms with E-state index in [1.165, 1.54) is 424 Å². The van der Waals surface area contributed by atoms with Crippen LogP contribution in [0.4, 0.5) is 0 Å². The largest absolute Gasteiger partial charge is 0.0885 e. The highest BCUT2D eigenvalue weighted by Gasteiger charge is 1.97. The fourth-order valence-electron chi connectivity index (χ4n) is 12.0. The first-order valence-corrected chi connectivity index (χ1v) is 41.1. The summed E-state index contributed by atoms with van der Waals surface area (Å²) in [5.41, 5.74) is 0. The number of rotatable bonds is 6. The van der Waals surface area contributed by atoms with Crippen LogP contribution in [0, 0.1) is 0 Å². The van der Waals surface area contributed by atoms with Gasteiger partial charge in [0.1, 0.15) is 0 Å². The molecule has 0 aliphatic heterocycles. The lowest BCUT2D eigenvalue weighted by Gasteiger charge is -2.00. The predicted octanol–water partition coefficient (Wildman–Crippen LogP) is 32.9. The van der Waals surface area contributed by atoms with Crippen LogP contribution in [0.25, 0.3) is 0 Å². The van der Waals surface area contributed by atoms with E-state index in [9.17, 15) is 0 Å². The van der Waals surface area contributed by atoms with Crippen molar-refractivity contribution in [3.63, 3.8) is 0 Å². The van der Waals surface area contributed by atoms with Crippen molar-refractivity contribution in [2.75, 3.05) is 0 Å². The van der Waals surface area contributed by atoms with Gasteiger partial charge in [0.15, 0.2) is 0 Å². The molecule has 0 saturated heterocycles. The molecule has 0 amide bonds. The van der Waals surface area contributed by atoms with E-state index in [-0.39, 0.29) is 0 Å². The molecular formula is C90H160. The topological polar surface area (TPSA) is 0 Å². The van der Waals surface area contributed by atoms with Gasteiger partial charge in [0.2, 0.25) is 0 Å². The normalized spacial score (nSPS) is 20.8. The van der Waals surface area contributed by atoms with Gasteiger partial charge in [0, 0.05) is 0 Å². The average molecular weight is 1240 g/mol. The summed E-state index contributed by atoms with van der Waals surface area (Å²) >= 11 is 0. The Kier molecular flexibility index (Phi) is 83.4. The van der Waals surface area contributed by atoms with Crippen LogP contribution < -0.4 is 0 Å². The molecule has 0 nitrogen and oxygen atoms in total. The Balaban J connectivity index is 0.00000722. The molecule has 1 aliphatic rings. The van der Waals surface area contributed by atoms with Crippen molar-refractivity contribution in [3.05, 3.63) is 134 Å². The Morgan fingerprint density at radius 3 is 0.311 bits per heavy atom. The van der Waals surface area contributed by atoms with E-state index < -0.39 is 0 Å². The minimum absolute atomic E-state index is 1.28. The van der Waals surface area contributed by atoms with Gasteiger partial charge in [-0.05, 0) is 270 Å². The lowest BCUT2D eigenvalue weighted by molar-refractivity contribution is 0.638. The maximum absolute atomic E-state index is 2.46. The van der Waals surface area contributed by atoms with Crippen molar-refractivity contribution in [1.29, 1.82) is 0 Å². The van der Waals surface area contributed by atoms with E-state index >= 15 is 0 Å². The van der Waals surface area contributed by atoms with Crippen molar-refractivity contribution < 1.29 is 0 Å². The molecule has 0 atom stereocenters. The van der Waals surface area contributed by atoms with Crippen LogP contribution in [0.2, 0.25) is 0 Å². The van der Waals surface area contributed by atoms with Crippen molar-refractivity contribution in [2.45, 2.75) is 438 Å². The molecule has 0 heterocycles. The summed E-state index contributed by atoms with van der Waals surface area (Å²) in [6, 6.07) is 0. The highest BCUT2D eigenvalue weighted by molar-refractivity contribution is 4.89. The van der Waals surface area contributed by atoms with Crippen LogP contribution in [0.1, 0.15) is 438 Å². The molecule has 1 rings (SSSR count). The summed E-state index contributed by atoms with van der Waals surface area (Å²) in [7, 11) is 0. The van der Waals surface area contributed by atoms with E-state index in [4.69, 9.17) is 0 Å². The second-order valence-electron chi connectivity index (χ2n) is 27.4. The Morgan fingerprint density at radius 2 is 0.233 bits per heavy atom. The summed E-state index contributed by atoms with van der Waals surface area (Å²) in [6.07, 6.45) is 143. The molecule has 0 aromatic heterocycles. The fourth-order valence-corrected chi connectivity index (χ4v) is 12.0. The monoisotopic (exact) mass is 1240 g/mol. The number of unbranched alkanes of at least 4 members (excludes halogenated alkanes) is 4. The number of hydrogen-bond acceptors (Lipinski definition) is 0. The first-order valence-electron chi connectivity index (χ1n) is 41.1. The van der Waals surface area contributed by atoms with Gasteiger partial charge < -0.3 is 0 Å². The van der Waals surface area contributed by atoms with Gasteiger partial charge in [-0.2, -0.15) is 0 Å². The molecule has 0 unspecified atom stereocenters. The van der Waals surface area contributed by atoms with Gasteiger partial charge in [0.25, 0.3) is 0 Å². The molecule has 0 aromatic carbocycles. The molecule has 1 aliphatic carbocycles. The van der Waals surface area contributed by atoms with Crippen molar-refractivity contribution >= 4 is 0 Å². The van der Waals surface area contributed by atoms with Crippen LogP contribution >= 0.6 is 0 Å². The third kappa shape index (κ3) is 85.1. The molecule has 0 radical (unpaired) electrons. The van der Waals surface area contributed by atoms with Crippen molar-refractivity contribution in [2.24, 2.45) is 0 Å². The molecule has 0 N–H and O–H groups in total. The Morgan fingerprint density at radius 1 is 0.144 bits per heavy atom. The van der Waals surface area contributed by atoms with Crippen molar-refractivity contribution in [1.82, 2.24) is 0 Å². The summed E-state index contributed by atoms with van der Waals surface area (Å²) < 4.78 is 0. The van der Waals surface area contributed by atoms with Gasteiger partial charge >= 0.3 is 0 Å². The summed E-state index contributed by atoms with van der Waals surface area (Å²) in [4.78, 5) is 0. The Hall–Kier alpha value is -2.86. The van der Waals surface area contributed by atoms with Crippen LogP contribution in [-0.2, 0) is 0 Å². The minimum Gasteiger partial charge on any atom is -0.0885 e. The molecule has 0 bridgehead atoms. The van der Waals surface area contributed by atoms with Gasteiger partial charge in [-0.3, -0.25) is 0 Å². The van der Waals surface area contributed by atoms with Gasteiger partial charge in [-0.25, -0.2) is 0 Å². The molecule has 520 valence electrons. The summed E-state index contributed by atoms with van der Waals surface area (Å²) in [6.45, 7) is 4.47. The molecule has 0 fully saturated rings. The second-order valence-corrected chi connectivity index (χ2v) is 27.4. The third-order valence-electron chi connectivity index (χ3n) is 18.2. The van der Waals surface area contributed by atoms with Crippen LogP contribution in [0.5, 0.6) is 0 Å². The van der Waals surface area contributed by atoms with E-state index in [1.54, 1.807) is 0 Å². The molecule has 0 spiro atoms. The first kappa shape index (κ1) is 87.1. The Bertz CT molecular complexity index is 1150. The molecular weight excluding hydrogens is 1080 g/mol. The summed E-state index contributed by atoms with van der Waals surface area (Å²) in [5.74, 6) is 0. The zero-order valence-corrected chi connectivity index (χ0v) is 61.4. The van der Waals surface area contributed by atoms with Gasteiger partial charge in [-0.1, -0.05) is 302 Å². The summed E-state index contributed by atoms with van der Waals surface area (Å²) in [5, 5.41) is 0. The average Bonchev–Trinajstić information content (AvgIpc) is 3.55. The number of allylic oxidation sites excluding steroid dienone is 22. The quantitative estimate of drug-likeness (QED) is 0.184. The highest BCUT2D eigenvalue weighted by atomic mass is 14.0.